The van der Waals surface area contributed by atoms with Gasteiger partial charge in [-0.05, 0) is 49.2 Å². The molecule has 0 aliphatic rings. The average molecular weight is 401 g/mol. The minimum absolute atomic E-state index is 0.0642. The Hall–Kier alpha value is -2.32. The molecule has 1 amide bonds. The number of nitrogen functional groups attached to an aromatic ring is 1. The van der Waals surface area contributed by atoms with Gasteiger partial charge in [0, 0.05) is 17.8 Å². The van der Waals surface area contributed by atoms with Crippen molar-refractivity contribution in [2.24, 2.45) is 0 Å². The molecule has 2 rings (SSSR count). The van der Waals surface area contributed by atoms with Gasteiger partial charge in [-0.3, -0.25) is 4.79 Å². The lowest BCUT2D eigenvalue weighted by Gasteiger charge is -2.10. The number of anilines is 1. The van der Waals surface area contributed by atoms with Gasteiger partial charge in [-0.1, -0.05) is 17.7 Å². The van der Waals surface area contributed by atoms with E-state index >= 15 is 0 Å². The summed E-state index contributed by atoms with van der Waals surface area (Å²) >= 11 is 5.98. The maximum absolute atomic E-state index is 13.2. The molecule has 0 aliphatic heterocycles. The molecule has 3 N–H and O–H groups in total. The van der Waals surface area contributed by atoms with Crippen molar-refractivity contribution >= 4 is 33.4 Å². The molecule has 0 fully saturated rings. The molecule has 0 aliphatic carbocycles. The largest absolute Gasteiger partial charge is 0.492 e. The Morgan fingerprint density at radius 2 is 2.00 bits per heavy atom. The van der Waals surface area contributed by atoms with E-state index < -0.39 is 21.0 Å². The number of benzene rings is 2. The number of aryl methyl sites for hydroxylation is 1. The summed E-state index contributed by atoms with van der Waals surface area (Å²) in [4.78, 5) is 11.5. The topological polar surface area (TPSA) is 98.5 Å². The molecule has 26 heavy (non-hydrogen) atoms. The normalized spacial score (nSPS) is 11.2. The molecule has 6 nitrogen and oxygen atoms in total. The summed E-state index contributed by atoms with van der Waals surface area (Å²) < 4.78 is 40.8. The fourth-order valence-electron chi connectivity index (χ4n) is 2.20. The smallest absolute Gasteiger partial charge is 0.332 e. The SMILES string of the molecule is Cc1ccc(C(=O)NCCCOc2ccc(N)cc2Cl)cc1S(=O)(=O)F. The highest BCUT2D eigenvalue weighted by molar-refractivity contribution is 7.86. The van der Waals surface area contributed by atoms with E-state index in [1.165, 1.54) is 19.1 Å². The molecular formula is C17H18ClFN2O4S. The van der Waals surface area contributed by atoms with Crippen LogP contribution in [0.5, 0.6) is 5.75 Å². The molecule has 140 valence electrons. The van der Waals surface area contributed by atoms with Crippen molar-refractivity contribution in [3.8, 4) is 5.75 Å². The summed E-state index contributed by atoms with van der Waals surface area (Å²) in [7, 11) is -4.88. The van der Waals surface area contributed by atoms with Gasteiger partial charge in [0.15, 0.2) is 0 Å². The molecular weight excluding hydrogens is 383 g/mol. The highest BCUT2D eigenvalue weighted by atomic mass is 35.5. The molecule has 0 heterocycles. The lowest BCUT2D eigenvalue weighted by atomic mass is 10.1. The van der Waals surface area contributed by atoms with Crippen molar-refractivity contribution < 1.29 is 21.8 Å². The first kappa shape index (κ1) is 20.0. The summed E-state index contributed by atoms with van der Waals surface area (Å²) in [6.45, 7) is 2.05. The number of nitrogens with one attached hydrogen (secondary N) is 1. The average Bonchev–Trinajstić information content (AvgIpc) is 2.55. The molecule has 2 aromatic carbocycles. The summed E-state index contributed by atoms with van der Waals surface area (Å²) in [5.41, 5.74) is 6.42. The van der Waals surface area contributed by atoms with E-state index in [0.29, 0.717) is 29.5 Å². The lowest BCUT2D eigenvalue weighted by molar-refractivity contribution is 0.0951. The van der Waals surface area contributed by atoms with Crippen molar-refractivity contribution in [1.29, 1.82) is 0 Å². The molecule has 0 aromatic heterocycles. The molecule has 0 saturated heterocycles. The van der Waals surface area contributed by atoms with Crippen LogP contribution in [0.15, 0.2) is 41.3 Å². The van der Waals surface area contributed by atoms with Gasteiger partial charge >= 0.3 is 10.2 Å². The zero-order valence-corrected chi connectivity index (χ0v) is 15.5. The Morgan fingerprint density at radius 1 is 1.27 bits per heavy atom. The third-order valence-corrected chi connectivity index (χ3v) is 4.79. The number of rotatable bonds is 7. The van der Waals surface area contributed by atoms with Crippen molar-refractivity contribution in [3.05, 3.63) is 52.5 Å². The zero-order chi connectivity index (χ0) is 19.3. The maximum atomic E-state index is 13.2. The first-order valence-corrected chi connectivity index (χ1v) is 9.46. The molecule has 0 saturated carbocycles. The predicted molar refractivity (Wildman–Crippen MR) is 97.8 cm³/mol. The van der Waals surface area contributed by atoms with Gasteiger partial charge in [-0.2, -0.15) is 8.42 Å². The Balaban J connectivity index is 1.86. The van der Waals surface area contributed by atoms with Crippen LogP contribution in [0, 0.1) is 6.92 Å². The third-order valence-electron chi connectivity index (χ3n) is 3.53. The molecule has 0 atom stereocenters. The number of carbonyl (C=O) groups excluding carboxylic acids is 1. The molecule has 0 spiro atoms. The van der Waals surface area contributed by atoms with Gasteiger partial charge in [0.05, 0.1) is 11.6 Å². The number of hydrogen-bond acceptors (Lipinski definition) is 5. The predicted octanol–water partition coefficient (Wildman–Crippen LogP) is 3.09. The summed E-state index contributed by atoms with van der Waals surface area (Å²) in [6, 6.07) is 8.73. The standard InChI is InChI=1S/C17H18ClFN2O4S/c1-11-3-4-12(9-16(11)26(19,23)24)17(22)21-7-2-8-25-15-6-5-13(20)10-14(15)18/h3-6,9-10H,2,7-8,20H2,1H3,(H,21,22). The minimum atomic E-state index is -4.88. The van der Waals surface area contributed by atoms with Gasteiger partial charge in [0.1, 0.15) is 10.6 Å². The highest BCUT2D eigenvalue weighted by Gasteiger charge is 2.17. The molecule has 9 heteroatoms. The van der Waals surface area contributed by atoms with Crippen molar-refractivity contribution in [3.63, 3.8) is 0 Å². The second-order valence-electron chi connectivity index (χ2n) is 5.57. The number of carbonyl (C=O) groups is 1. The number of halogens is 2. The Kier molecular flexibility index (Phi) is 6.44. The van der Waals surface area contributed by atoms with E-state index in [2.05, 4.69) is 5.32 Å². The third kappa shape index (κ3) is 5.34. The summed E-state index contributed by atoms with van der Waals surface area (Å²) in [6.07, 6.45) is 0.493. The van der Waals surface area contributed by atoms with Crippen LogP contribution in [-0.4, -0.2) is 27.5 Å². The van der Waals surface area contributed by atoms with E-state index in [1.54, 1.807) is 18.2 Å². The fraction of sp³-hybridized carbons (Fsp3) is 0.235. The van der Waals surface area contributed by atoms with Crippen LogP contribution in [0.25, 0.3) is 0 Å². The number of hydrogen-bond donors (Lipinski definition) is 2. The monoisotopic (exact) mass is 400 g/mol. The molecule has 0 bridgehead atoms. The maximum Gasteiger partial charge on any atom is 0.332 e. The fourth-order valence-corrected chi connectivity index (χ4v) is 3.16. The quantitative estimate of drug-likeness (QED) is 0.422. The van der Waals surface area contributed by atoms with Gasteiger partial charge in [0.2, 0.25) is 0 Å². The van der Waals surface area contributed by atoms with Crippen LogP contribution in [0.3, 0.4) is 0 Å². The van der Waals surface area contributed by atoms with Crippen LogP contribution in [-0.2, 0) is 10.2 Å². The van der Waals surface area contributed by atoms with Crippen LogP contribution >= 0.6 is 11.6 Å². The number of nitrogens with two attached hydrogens (primary N) is 1. The van der Waals surface area contributed by atoms with E-state index in [4.69, 9.17) is 22.1 Å². The van der Waals surface area contributed by atoms with E-state index in [1.807, 2.05) is 0 Å². The molecule has 0 radical (unpaired) electrons. The summed E-state index contributed by atoms with van der Waals surface area (Å²) in [5.74, 6) is -0.0102. The van der Waals surface area contributed by atoms with E-state index in [-0.39, 0.29) is 17.7 Å². The minimum Gasteiger partial charge on any atom is -0.492 e. The highest BCUT2D eigenvalue weighted by Crippen LogP contribution is 2.26. The first-order valence-electron chi connectivity index (χ1n) is 7.70. The van der Waals surface area contributed by atoms with E-state index in [9.17, 15) is 17.1 Å². The molecule has 0 unspecified atom stereocenters. The van der Waals surface area contributed by atoms with Crippen molar-refractivity contribution in [1.82, 2.24) is 5.32 Å². The Bertz CT molecular complexity index is 919. The Labute approximate surface area is 156 Å². The van der Waals surface area contributed by atoms with Crippen LogP contribution < -0.4 is 15.8 Å². The second kappa shape index (κ2) is 8.37. The van der Waals surface area contributed by atoms with Crippen molar-refractivity contribution in [2.45, 2.75) is 18.2 Å². The van der Waals surface area contributed by atoms with Gasteiger partial charge in [-0.15, -0.1) is 3.89 Å². The zero-order valence-electron chi connectivity index (χ0n) is 14.0. The molecule has 2 aromatic rings. The van der Waals surface area contributed by atoms with Gasteiger partial charge < -0.3 is 15.8 Å². The Morgan fingerprint density at radius 3 is 2.65 bits per heavy atom. The van der Waals surface area contributed by atoms with E-state index in [0.717, 1.165) is 6.07 Å². The number of amides is 1. The second-order valence-corrected chi connectivity index (χ2v) is 7.29. The van der Waals surface area contributed by atoms with Gasteiger partial charge in [0.25, 0.3) is 5.91 Å². The summed E-state index contributed by atoms with van der Waals surface area (Å²) in [5, 5.41) is 3.01. The van der Waals surface area contributed by atoms with Gasteiger partial charge in [-0.25, -0.2) is 0 Å². The van der Waals surface area contributed by atoms with Crippen LogP contribution in [0.2, 0.25) is 5.02 Å². The number of ether oxygens (including phenoxy) is 1. The van der Waals surface area contributed by atoms with Crippen LogP contribution in [0.4, 0.5) is 9.57 Å². The van der Waals surface area contributed by atoms with Crippen LogP contribution in [0.1, 0.15) is 22.3 Å². The van der Waals surface area contributed by atoms with Crippen molar-refractivity contribution in [2.75, 3.05) is 18.9 Å². The lowest BCUT2D eigenvalue weighted by Crippen LogP contribution is -2.25. The first-order chi connectivity index (χ1) is 12.2.